The number of rotatable bonds is 14. The summed E-state index contributed by atoms with van der Waals surface area (Å²) in [6, 6.07) is 7.34. The maximum absolute atomic E-state index is 13.8. The van der Waals surface area contributed by atoms with Gasteiger partial charge in [0.15, 0.2) is 11.5 Å². The Bertz CT molecular complexity index is 1220. The van der Waals surface area contributed by atoms with Crippen molar-refractivity contribution in [1.29, 1.82) is 0 Å². The summed E-state index contributed by atoms with van der Waals surface area (Å²) in [4.78, 5) is 36.9. The minimum absolute atomic E-state index is 0.0484. The Labute approximate surface area is 222 Å². The number of ether oxygens (including phenoxy) is 1. The molecule has 0 saturated carbocycles. The van der Waals surface area contributed by atoms with E-state index in [2.05, 4.69) is 20.0 Å². The van der Waals surface area contributed by atoms with Crippen molar-refractivity contribution in [2.75, 3.05) is 16.8 Å². The molecule has 2 atom stereocenters. The third-order valence-electron chi connectivity index (χ3n) is 4.80. The van der Waals surface area contributed by atoms with E-state index in [0.717, 1.165) is 0 Å². The van der Waals surface area contributed by atoms with Gasteiger partial charge >= 0.3 is 13.7 Å². The van der Waals surface area contributed by atoms with Gasteiger partial charge in [-0.1, -0.05) is 40.8 Å². The SMILES string of the molecule is CC(C)OC(=O)[C@H](CCC(=O)CI)NP(=O)(OCCn1cnc2c(N)ncnc21)Oc1ccccc1. The van der Waals surface area contributed by atoms with Gasteiger partial charge in [-0.3, -0.25) is 14.1 Å². The fraction of sp³-hybridized carbons (Fsp3) is 0.409. The number of carbonyl (C=O) groups is 2. The van der Waals surface area contributed by atoms with E-state index in [0.29, 0.717) is 15.6 Å². The van der Waals surface area contributed by atoms with Crippen molar-refractivity contribution >= 4 is 59.1 Å². The highest BCUT2D eigenvalue weighted by Crippen LogP contribution is 2.45. The number of benzene rings is 1. The largest absolute Gasteiger partial charge is 0.462 e. The lowest BCUT2D eigenvalue weighted by Crippen LogP contribution is -2.39. The number of esters is 1. The van der Waals surface area contributed by atoms with Crippen LogP contribution in [0.1, 0.15) is 26.7 Å². The van der Waals surface area contributed by atoms with E-state index in [-0.39, 0.29) is 43.3 Å². The van der Waals surface area contributed by atoms with Gasteiger partial charge in [0.1, 0.15) is 29.4 Å². The highest BCUT2D eigenvalue weighted by atomic mass is 127. The molecule has 3 rings (SSSR count). The van der Waals surface area contributed by atoms with E-state index in [4.69, 9.17) is 19.5 Å². The molecule has 1 unspecified atom stereocenters. The molecular formula is C22H28IN6O6P. The van der Waals surface area contributed by atoms with Crippen molar-refractivity contribution in [3.63, 3.8) is 0 Å². The van der Waals surface area contributed by atoms with Gasteiger partial charge in [0.2, 0.25) is 0 Å². The second-order valence-electron chi connectivity index (χ2n) is 7.98. The summed E-state index contributed by atoms with van der Waals surface area (Å²) in [5, 5.41) is 2.70. The second kappa shape index (κ2) is 13.1. The molecule has 1 aromatic carbocycles. The van der Waals surface area contributed by atoms with Crippen LogP contribution in [0, 0.1) is 0 Å². The summed E-state index contributed by atoms with van der Waals surface area (Å²) in [5.74, 6) is -0.180. The summed E-state index contributed by atoms with van der Waals surface area (Å²) >= 11 is 1.96. The number of carbonyl (C=O) groups excluding carboxylic acids is 2. The number of nitrogens with two attached hydrogens (primary N) is 1. The molecule has 3 aromatic rings. The van der Waals surface area contributed by atoms with Crippen LogP contribution < -0.4 is 15.3 Å². The number of aromatic nitrogens is 4. The van der Waals surface area contributed by atoms with Crippen molar-refractivity contribution < 1.29 is 27.9 Å². The average Bonchev–Trinajstić information content (AvgIpc) is 3.26. The topological polar surface area (TPSA) is 161 Å². The number of Topliss-reactive ketones (excluding diaryl/α,β-unsaturated/α-hetero) is 1. The Morgan fingerprint density at radius 3 is 2.64 bits per heavy atom. The van der Waals surface area contributed by atoms with E-state index in [1.165, 1.54) is 12.7 Å². The van der Waals surface area contributed by atoms with Crippen molar-refractivity contribution in [1.82, 2.24) is 24.6 Å². The van der Waals surface area contributed by atoms with Gasteiger partial charge in [-0.25, -0.2) is 19.5 Å². The molecular weight excluding hydrogens is 602 g/mol. The fourth-order valence-electron chi connectivity index (χ4n) is 3.14. The lowest BCUT2D eigenvalue weighted by Gasteiger charge is -2.25. The minimum Gasteiger partial charge on any atom is -0.462 e. The molecule has 0 aliphatic carbocycles. The molecule has 0 aliphatic rings. The first-order valence-electron chi connectivity index (χ1n) is 11.2. The summed E-state index contributed by atoms with van der Waals surface area (Å²) in [6.45, 7) is 3.54. The predicted molar refractivity (Wildman–Crippen MR) is 142 cm³/mol. The molecule has 3 N–H and O–H groups in total. The number of alkyl halides is 1. The van der Waals surface area contributed by atoms with Crippen LogP contribution in [0.2, 0.25) is 0 Å². The van der Waals surface area contributed by atoms with E-state index in [9.17, 15) is 14.2 Å². The molecule has 0 aliphatic heterocycles. The maximum atomic E-state index is 13.8. The van der Waals surface area contributed by atoms with Crippen LogP contribution in [-0.2, 0) is 30.0 Å². The molecule has 12 nitrogen and oxygen atoms in total. The summed E-state index contributed by atoms with van der Waals surface area (Å²) in [5.41, 5.74) is 6.76. The minimum atomic E-state index is -4.11. The molecule has 0 amide bonds. The van der Waals surface area contributed by atoms with E-state index >= 15 is 0 Å². The number of para-hydroxylation sites is 1. The Balaban J connectivity index is 1.79. The third kappa shape index (κ3) is 7.95. The standard InChI is InChI=1S/C22H28IN6O6P/c1-15(2)34-22(31)18(9-8-16(30)12-23)28-36(32,35-17-6-4-3-5-7-17)33-11-10-29-14-27-19-20(24)25-13-26-21(19)29/h3-7,13-15,18H,8-12H2,1-2H3,(H,28,32)(H2,24,25,26)/t18-,36?/m0/s1. The molecule has 0 saturated heterocycles. The number of anilines is 1. The number of ketones is 1. The summed E-state index contributed by atoms with van der Waals surface area (Å²) in [6.07, 6.45) is 2.61. The highest BCUT2D eigenvalue weighted by molar-refractivity contribution is 14.1. The van der Waals surface area contributed by atoms with Crippen LogP contribution in [0.25, 0.3) is 11.2 Å². The molecule has 36 heavy (non-hydrogen) atoms. The monoisotopic (exact) mass is 630 g/mol. The van der Waals surface area contributed by atoms with Gasteiger partial charge in [0, 0.05) is 13.0 Å². The van der Waals surface area contributed by atoms with Crippen LogP contribution in [0.5, 0.6) is 5.75 Å². The molecule has 0 fully saturated rings. The zero-order valence-electron chi connectivity index (χ0n) is 19.9. The molecule has 2 aromatic heterocycles. The number of nitrogen functional groups attached to an aromatic ring is 1. The number of imidazole rings is 1. The van der Waals surface area contributed by atoms with Crippen LogP contribution in [0.3, 0.4) is 0 Å². The van der Waals surface area contributed by atoms with E-state index in [1.807, 2.05) is 22.6 Å². The van der Waals surface area contributed by atoms with Gasteiger partial charge in [0.25, 0.3) is 0 Å². The van der Waals surface area contributed by atoms with Gasteiger partial charge in [-0.15, -0.1) is 0 Å². The number of hydrogen-bond donors (Lipinski definition) is 2. The van der Waals surface area contributed by atoms with Crippen LogP contribution in [-0.4, -0.2) is 54.5 Å². The molecule has 0 spiro atoms. The van der Waals surface area contributed by atoms with Crippen molar-refractivity contribution in [2.45, 2.75) is 45.4 Å². The fourth-order valence-corrected chi connectivity index (χ4v) is 5.04. The van der Waals surface area contributed by atoms with E-state index < -0.39 is 25.9 Å². The second-order valence-corrected chi connectivity index (χ2v) is 10.4. The normalized spacial score (nSPS) is 13.9. The molecule has 14 heteroatoms. The highest BCUT2D eigenvalue weighted by Gasteiger charge is 2.35. The number of nitrogens with one attached hydrogen (secondary N) is 1. The first-order valence-corrected chi connectivity index (χ1v) is 14.2. The van der Waals surface area contributed by atoms with Gasteiger partial charge in [0.05, 0.1) is 23.5 Å². The Kier molecular flexibility index (Phi) is 10.2. The Morgan fingerprint density at radius 2 is 1.94 bits per heavy atom. The Hall–Kier alpha value is -2.61. The van der Waals surface area contributed by atoms with Crippen LogP contribution >= 0.6 is 30.3 Å². The van der Waals surface area contributed by atoms with Crippen molar-refractivity contribution in [3.05, 3.63) is 43.0 Å². The number of nitrogens with zero attached hydrogens (tertiary/aromatic N) is 4. The van der Waals surface area contributed by atoms with Crippen molar-refractivity contribution in [2.24, 2.45) is 0 Å². The lowest BCUT2D eigenvalue weighted by atomic mass is 10.1. The summed E-state index contributed by atoms with van der Waals surface area (Å²) < 4.78 is 32.5. The predicted octanol–water partition coefficient (Wildman–Crippen LogP) is 3.31. The molecule has 194 valence electrons. The number of hydrogen-bond acceptors (Lipinski definition) is 10. The third-order valence-corrected chi connectivity index (χ3v) is 7.26. The van der Waals surface area contributed by atoms with Gasteiger partial charge < -0.3 is 19.6 Å². The lowest BCUT2D eigenvalue weighted by molar-refractivity contribution is -0.149. The summed E-state index contributed by atoms with van der Waals surface area (Å²) in [7, 11) is -4.11. The van der Waals surface area contributed by atoms with E-state index in [1.54, 1.807) is 48.7 Å². The molecule has 0 radical (unpaired) electrons. The van der Waals surface area contributed by atoms with Gasteiger partial charge in [-0.05, 0) is 32.4 Å². The van der Waals surface area contributed by atoms with Crippen LogP contribution in [0.15, 0.2) is 43.0 Å². The maximum Gasteiger partial charge on any atom is 0.459 e. The molecule has 0 bridgehead atoms. The Morgan fingerprint density at radius 1 is 1.19 bits per heavy atom. The van der Waals surface area contributed by atoms with Crippen LogP contribution in [0.4, 0.5) is 5.82 Å². The number of halogens is 1. The first-order chi connectivity index (χ1) is 17.2. The van der Waals surface area contributed by atoms with Crippen molar-refractivity contribution in [3.8, 4) is 5.75 Å². The quantitative estimate of drug-likeness (QED) is 0.116. The molecule has 2 heterocycles. The average molecular weight is 630 g/mol. The first kappa shape index (κ1) is 28.0. The zero-order chi connectivity index (χ0) is 26.1. The number of fused-ring (bicyclic) bond motifs is 1. The smallest absolute Gasteiger partial charge is 0.459 e. The zero-order valence-corrected chi connectivity index (χ0v) is 22.9. The van der Waals surface area contributed by atoms with Gasteiger partial charge in [-0.2, -0.15) is 5.09 Å².